The van der Waals surface area contributed by atoms with E-state index < -0.39 is 17.5 Å². The van der Waals surface area contributed by atoms with Gasteiger partial charge in [0.2, 0.25) is 5.91 Å². The minimum atomic E-state index is -0.779. The molecule has 5 rings (SSSR count). The van der Waals surface area contributed by atoms with Gasteiger partial charge < -0.3 is 10.6 Å². The predicted octanol–water partition coefficient (Wildman–Crippen LogP) is 2.94. The van der Waals surface area contributed by atoms with Crippen LogP contribution in [0.25, 0.3) is 5.69 Å². The first kappa shape index (κ1) is 18.8. The van der Waals surface area contributed by atoms with E-state index in [1.165, 1.54) is 12.8 Å². The van der Waals surface area contributed by atoms with E-state index in [4.69, 9.17) is 5.10 Å². The SMILES string of the molecule is O=C(CN1C(=O)NC2(CCC2)C1=O)Nc1cc(C2CCCC2)nn1-c1ccccc1. The van der Waals surface area contributed by atoms with Gasteiger partial charge in [0.15, 0.2) is 0 Å². The number of carbonyl (C=O) groups excluding carboxylic acids is 3. The molecule has 8 nitrogen and oxygen atoms in total. The molecule has 0 atom stereocenters. The fourth-order valence-electron chi connectivity index (χ4n) is 4.69. The third kappa shape index (κ3) is 3.16. The van der Waals surface area contributed by atoms with Crippen LogP contribution in [0.2, 0.25) is 0 Å². The fourth-order valence-corrected chi connectivity index (χ4v) is 4.69. The quantitative estimate of drug-likeness (QED) is 0.745. The van der Waals surface area contributed by atoms with Crippen LogP contribution >= 0.6 is 0 Å². The molecule has 2 aliphatic carbocycles. The van der Waals surface area contributed by atoms with Crippen LogP contribution in [0.15, 0.2) is 36.4 Å². The first-order chi connectivity index (χ1) is 14.6. The molecule has 2 N–H and O–H groups in total. The second-order valence-corrected chi connectivity index (χ2v) is 8.49. The number of carbonyl (C=O) groups is 3. The summed E-state index contributed by atoms with van der Waals surface area (Å²) in [7, 11) is 0. The van der Waals surface area contributed by atoms with Crippen molar-refractivity contribution in [2.75, 3.05) is 11.9 Å². The molecule has 1 aromatic carbocycles. The normalized spacial score (nSPS) is 20.5. The Labute approximate surface area is 174 Å². The molecule has 0 radical (unpaired) electrons. The van der Waals surface area contributed by atoms with Gasteiger partial charge in [0.25, 0.3) is 5.91 Å². The van der Waals surface area contributed by atoms with Crippen LogP contribution in [0, 0.1) is 0 Å². The van der Waals surface area contributed by atoms with Crippen LogP contribution in [0.3, 0.4) is 0 Å². The topological polar surface area (TPSA) is 96.3 Å². The van der Waals surface area contributed by atoms with Gasteiger partial charge in [-0.25, -0.2) is 9.48 Å². The number of amides is 4. The largest absolute Gasteiger partial charge is 0.325 e. The average Bonchev–Trinajstić information content (AvgIpc) is 3.43. The second kappa shape index (κ2) is 7.27. The fraction of sp³-hybridized carbons (Fsp3) is 0.455. The van der Waals surface area contributed by atoms with Gasteiger partial charge in [-0.1, -0.05) is 31.0 Å². The molecule has 2 aromatic rings. The Bertz CT molecular complexity index is 989. The Morgan fingerprint density at radius 1 is 1.13 bits per heavy atom. The zero-order chi connectivity index (χ0) is 20.7. The maximum atomic E-state index is 12.8. The molecule has 156 valence electrons. The molecule has 1 aromatic heterocycles. The van der Waals surface area contributed by atoms with E-state index in [0.717, 1.165) is 35.5 Å². The van der Waals surface area contributed by atoms with Crippen LogP contribution in [0.4, 0.5) is 10.6 Å². The average molecular weight is 407 g/mol. The summed E-state index contributed by atoms with van der Waals surface area (Å²) >= 11 is 0. The lowest BCUT2D eigenvalue weighted by Crippen LogP contribution is -2.52. The lowest BCUT2D eigenvalue weighted by molar-refractivity contribution is -0.136. The van der Waals surface area contributed by atoms with Crippen LogP contribution in [-0.2, 0) is 9.59 Å². The molecule has 1 saturated heterocycles. The molecule has 1 spiro atoms. The van der Waals surface area contributed by atoms with Gasteiger partial charge in [-0.05, 0) is 44.2 Å². The number of urea groups is 1. The molecule has 30 heavy (non-hydrogen) atoms. The summed E-state index contributed by atoms with van der Waals surface area (Å²) < 4.78 is 1.73. The van der Waals surface area contributed by atoms with E-state index in [2.05, 4.69) is 10.6 Å². The van der Waals surface area contributed by atoms with E-state index in [1.54, 1.807) is 4.68 Å². The molecule has 3 aliphatic rings. The second-order valence-electron chi connectivity index (χ2n) is 8.49. The Kier molecular flexibility index (Phi) is 4.56. The zero-order valence-electron chi connectivity index (χ0n) is 16.8. The monoisotopic (exact) mass is 407 g/mol. The third-order valence-electron chi connectivity index (χ3n) is 6.52. The van der Waals surface area contributed by atoms with Crippen LogP contribution in [0.1, 0.15) is 56.6 Å². The molecule has 8 heteroatoms. The van der Waals surface area contributed by atoms with E-state index in [0.29, 0.717) is 24.6 Å². The highest BCUT2D eigenvalue weighted by Gasteiger charge is 2.54. The molecular weight excluding hydrogens is 382 g/mol. The zero-order valence-corrected chi connectivity index (χ0v) is 16.8. The lowest BCUT2D eigenvalue weighted by atomic mass is 9.77. The van der Waals surface area contributed by atoms with Gasteiger partial charge >= 0.3 is 6.03 Å². The van der Waals surface area contributed by atoms with E-state index >= 15 is 0 Å². The van der Waals surface area contributed by atoms with Crippen molar-refractivity contribution in [3.63, 3.8) is 0 Å². The van der Waals surface area contributed by atoms with Crippen molar-refractivity contribution < 1.29 is 14.4 Å². The maximum Gasteiger partial charge on any atom is 0.325 e. The number of nitrogens with zero attached hydrogens (tertiary/aromatic N) is 3. The van der Waals surface area contributed by atoms with Crippen molar-refractivity contribution in [3.8, 4) is 5.69 Å². The lowest BCUT2D eigenvalue weighted by Gasteiger charge is -2.34. The molecule has 2 saturated carbocycles. The van der Waals surface area contributed by atoms with Gasteiger partial charge in [-0.3, -0.25) is 14.5 Å². The number of imide groups is 1. The number of benzene rings is 1. The van der Waals surface area contributed by atoms with E-state index in [-0.39, 0.29) is 12.5 Å². The highest BCUT2D eigenvalue weighted by atomic mass is 16.2. The van der Waals surface area contributed by atoms with Crippen LogP contribution < -0.4 is 10.6 Å². The Morgan fingerprint density at radius 3 is 2.50 bits per heavy atom. The predicted molar refractivity (Wildman–Crippen MR) is 110 cm³/mol. The van der Waals surface area contributed by atoms with Crippen molar-refractivity contribution in [2.45, 2.75) is 56.4 Å². The van der Waals surface area contributed by atoms with E-state index in [1.807, 2.05) is 36.4 Å². The summed E-state index contributed by atoms with van der Waals surface area (Å²) in [5, 5.41) is 10.4. The number of hydrogen-bond donors (Lipinski definition) is 2. The molecule has 3 fully saturated rings. The highest BCUT2D eigenvalue weighted by Crippen LogP contribution is 2.37. The van der Waals surface area contributed by atoms with Gasteiger partial charge in [0.1, 0.15) is 17.9 Å². The molecule has 4 amide bonds. The molecule has 0 bridgehead atoms. The Hall–Kier alpha value is -3.16. The number of para-hydroxylation sites is 1. The van der Waals surface area contributed by atoms with Crippen molar-refractivity contribution in [3.05, 3.63) is 42.1 Å². The smallest absolute Gasteiger partial charge is 0.323 e. The van der Waals surface area contributed by atoms with Gasteiger partial charge in [0, 0.05) is 12.0 Å². The minimum Gasteiger partial charge on any atom is -0.323 e. The first-order valence-corrected chi connectivity index (χ1v) is 10.7. The standard InChI is InChI=1S/C22H25N5O3/c28-19(14-26-20(29)22(11-6-12-22)24-21(26)30)23-18-13-17(15-7-4-5-8-15)25-27(18)16-9-2-1-3-10-16/h1-3,9-10,13,15H,4-8,11-12,14H2,(H,23,28)(H,24,30). The van der Waals surface area contributed by atoms with E-state index in [9.17, 15) is 14.4 Å². The van der Waals surface area contributed by atoms with Crippen molar-refractivity contribution in [2.24, 2.45) is 0 Å². The summed E-state index contributed by atoms with van der Waals surface area (Å²) in [4.78, 5) is 38.7. The van der Waals surface area contributed by atoms with Crippen molar-refractivity contribution in [1.29, 1.82) is 0 Å². The summed E-state index contributed by atoms with van der Waals surface area (Å²) in [5.41, 5.74) is 1.04. The maximum absolute atomic E-state index is 12.8. The Morgan fingerprint density at radius 2 is 1.87 bits per heavy atom. The molecule has 0 unspecified atom stereocenters. The number of anilines is 1. The summed E-state index contributed by atoms with van der Waals surface area (Å²) in [5.74, 6) is 0.246. The Balaban J connectivity index is 1.36. The number of hydrogen-bond acceptors (Lipinski definition) is 4. The molecular formula is C22H25N5O3. The summed E-state index contributed by atoms with van der Waals surface area (Å²) in [6, 6.07) is 11.1. The van der Waals surface area contributed by atoms with Gasteiger partial charge in [-0.2, -0.15) is 5.10 Å². The molecule has 2 heterocycles. The highest BCUT2D eigenvalue weighted by molar-refractivity contribution is 6.10. The van der Waals surface area contributed by atoms with Crippen LogP contribution in [-0.4, -0.2) is 44.6 Å². The third-order valence-corrected chi connectivity index (χ3v) is 6.52. The number of aromatic nitrogens is 2. The van der Waals surface area contributed by atoms with Crippen molar-refractivity contribution >= 4 is 23.7 Å². The van der Waals surface area contributed by atoms with Crippen molar-refractivity contribution in [1.82, 2.24) is 20.0 Å². The van der Waals surface area contributed by atoms with Crippen LogP contribution in [0.5, 0.6) is 0 Å². The van der Waals surface area contributed by atoms with Gasteiger partial charge in [-0.15, -0.1) is 0 Å². The molecule has 1 aliphatic heterocycles. The minimum absolute atomic E-state index is 0.294. The summed E-state index contributed by atoms with van der Waals surface area (Å²) in [6.45, 7) is -0.300. The van der Waals surface area contributed by atoms with Gasteiger partial charge in [0.05, 0.1) is 11.4 Å². The number of nitrogens with one attached hydrogen (secondary N) is 2. The summed E-state index contributed by atoms with van der Waals surface area (Å²) in [6.07, 6.45) is 6.78. The number of rotatable bonds is 5. The first-order valence-electron chi connectivity index (χ1n) is 10.7.